The van der Waals surface area contributed by atoms with Crippen molar-refractivity contribution in [1.29, 1.82) is 0 Å². The van der Waals surface area contributed by atoms with Crippen LogP contribution in [0.5, 0.6) is 0 Å². The topological polar surface area (TPSA) is 78.4 Å². The van der Waals surface area contributed by atoms with Crippen LogP contribution in [0.3, 0.4) is 0 Å². The van der Waals surface area contributed by atoms with Crippen LogP contribution in [0.15, 0.2) is 54.6 Å². The Labute approximate surface area is 153 Å². The van der Waals surface area contributed by atoms with Crippen molar-refractivity contribution in [2.45, 2.75) is 25.5 Å². The van der Waals surface area contributed by atoms with Crippen molar-refractivity contribution in [2.75, 3.05) is 7.05 Å². The molecule has 5 heteroatoms. The highest BCUT2D eigenvalue weighted by Gasteiger charge is 2.22. The van der Waals surface area contributed by atoms with Crippen LogP contribution < -0.4 is 10.6 Å². The molecule has 0 unspecified atom stereocenters. The van der Waals surface area contributed by atoms with Gasteiger partial charge < -0.3 is 15.7 Å². The lowest BCUT2D eigenvalue weighted by Crippen LogP contribution is -2.39. The zero-order valence-corrected chi connectivity index (χ0v) is 15.0. The third-order valence-corrected chi connectivity index (χ3v) is 3.58. The summed E-state index contributed by atoms with van der Waals surface area (Å²) in [6.07, 6.45) is 0. The van der Waals surface area contributed by atoms with Gasteiger partial charge in [0.25, 0.3) is 5.91 Å². The number of aliphatic hydroxyl groups is 1. The van der Waals surface area contributed by atoms with Crippen molar-refractivity contribution in [1.82, 2.24) is 10.6 Å². The number of hydrogen-bond acceptors (Lipinski definition) is 3. The van der Waals surface area contributed by atoms with Gasteiger partial charge in [0.2, 0.25) is 5.91 Å². The predicted molar refractivity (Wildman–Crippen MR) is 100 cm³/mol. The zero-order valence-electron chi connectivity index (χ0n) is 15.0. The fourth-order valence-electron chi connectivity index (χ4n) is 2.23. The number of likely N-dealkylation sites (N-methyl/N-ethyl adjacent to an activating group) is 1. The van der Waals surface area contributed by atoms with Gasteiger partial charge in [0, 0.05) is 18.2 Å². The molecule has 1 atom stereocenters. The van der Waals surface area contributed by atoms with E-state index >= 15 is 0 Å². The van der Waals surface area contributed by atoms with E-state index in [-0.39, 0.29) is 11.8 Å². The fraction of sp³-hybridized carbons (Fsp3) is 0.238. The SMILES string of the molecule is CNC(=O)[C@H](NC(=O)c1ccc(C#CC(C)(C)O)cc1)c1ccccc1. The molecule has 0 aromatic heterocycles. The third-order valence-electron chi connectivity index (χ3n) is 3.58. The average molecular weight is 350 g/mol. The summed E-state index contributed by atoms with van der Waals surface area (Å²) >= 11 is 0. The van der Waals surface area contributed by atoms with E-state index in [0.717, 1.165) is 0 Å². The Morgan fingerprint density at radius 3 is 2.19 bits per heavy atom. The highest BCUT2D eigenvalue weighted by Crippen LogP contribution is 2.14. The summed E-state index contributed by atoms with van der Waals surface area (Å²) < 4.78 is 0. The van der Waals surface area contributed by atoms with Gasteiger partial charge in [-0.1, -0.05) is 42.2 Å². The molecule has 0 radical (unpaired) electrons. The summed E-state index contributed by atoms with van der Waals surface area (Å²) in [6.45, 7) is 3.20. The Kier molecular flexibility index (Phi) is 6.16. The van der Waals surface area contributed by atoms with Gasteiger partial charge in [-0.3, -0.25) is 9.59 Å². The lowest BCUT2D eigenvalue weighted by Gasteiger charge is -2.17. The van der Waals surface area contributed by atoms with E-state index in [9.17, 15) is 14.7 Å². The quantitative estimate of drug-likeness (QED) is 0.738. The lowest BCUT2D eigenvalue weighted by molar-refractivity contribution is -0.122. The first-order valence-electron chi connectivity index (χ1n) is 8.23. The fourth-order valence-corrected chi connectivity index (χ4v) is 2.23. The molecule has 0 aliphatic rings. The highest BCUT2D eigenvalue weighted by molar-refractivity contribution is 5.97. The first-order valence-corrected chi connectivity index (χ1v) is 8.23. The van der Waals surface area contributed by atoms with E-state index in [0.29, 0.717) is 16.7 Å². The molecule has 2 rings (SSSR count). The van der Waals surface area contributed by atoms with Crippen molar-refractivity contribution in [3.8, 4) is 11.8 Å². The molecule has 0 aliphatic heterocycles. The Bertz CT molecular complexity index is 826. The van der Waals surface area contributed by atoms with E-state index in [4.69, 9.17) is 0 Å². The average Bonchev–Trinajstić information content (AvgIpc) is 2.64. The minimum absolute atomic E-state index is 0.294. The van der Waals surface area contributed by atoms with Gasteiger partial charge in [-0.15, -0.1) is 0 Å². The molecule has 3 N–H and O–H groups in total. The summed E-state index contributed by atoms with van der Waals surface area (Å²) in [6, 6.07) is 14.9. The van der Waals surface area contributed by atoms with Crippen LogP contribution in [0.2, 0.25) is 0 Å². The van der Waals surface area contributed by atoms with Gasteiger partial charge in [-0.05, 0) is 43.7 Å². The number of carbonyl (C=O) groups is 2. The van der Waals surface area contributed by atoms with Crippen LogP contribution in [-0.4, -0.2) is 29.6 Å². The van der Waals surface area contributed by atoms with Gasteiger partial charge >= 0.3 is 0 Å². The number of rotatable bonds is 4. The maximum Gasteiger partial charge on any atom is 0.252 e. The van der Waals surface area contributed by atoms with Crippen LogP contribution in [0.1, 0.15) is 41.4 Å². The Morgan fingerprint density at radius 1 is 1.04 bits per heavy atom. The molecule has 0 fully saturated rings. The van der Waals surface area contributed by atoms with E-state index < -0.39 is 11.6 Å². The summed E-state index contributed by atoms with van der Waals surface area (Å²) in [5.41, 5.74) is 0.734. The number of hydrogen-bond donors (Lipinski definition) is 3. The Balaban J connectivity index is 2.16. The summed E-state index contributed by atoms with van der Waals surface area (Å²) in [7, 11) is 1.53. The second-order valence-electron chi connectivity index (χ2n) is 6.32. The monoisotopic (exact) mass is 350 g/mol. The number of carbonyl (C=O) groups excluding carboxylic acids is 2. The van der Waals surface area contributed by atoms with Gasteiger partial charge in [0.15, 0.2) is 0 Å². The number of nitrogens with one attached hydrogen (secondary N) is 2. The molecule has 2 aromatic rings. The molecule has 0 heterocycles. The molecule has 0 spiro atoms. The molecular weight excluding hydrogens is 328 g/mol. The summed E-state index contributed by atoms with van der Waals surface area (Å²) in [5.74, 6) is 4.91. The molecule has 26 heavy (non-hydrogen) atoms. The second kappa shape index (κ2) is 8.32. The van der Waals surface area contributed by atoms with E-state index in [1.165, 1.54) is 7.05 Å². The molecule has 134 valence electrons. The van der Waals surface area contributed by atoms with Crippen molar-refractivity contribution >= 4 is 11.8 Å². The number of amides is 2. The molecule has 2 amide bonds. The second-order valence-corrected chi connectivity index (χ2v) is 6.32. The van der Waals surface area contributed by atoms with Crippen LogP contribution in [0.4, 0.5) is 0 Å². The molecule has 0 saturated heterocycles. The van der Waals surface area contributed by atoms with Gasteiger partial charge in [-0.2, -0.15) is 0 Å². The lowest BCUT2D eigenvalue weighted by atomic mass is 10.0. The normalized spacial score (nSPS) is 11.7. The van der Waals surface area contributed by atoms with Crippen LogP contribution >= 0.6 is 0 Å². The maximum absolute atomic E-state index is 12.5. The van der Waals surface area contributed by atoms with Gasteiger partial charge in [0.1, 0.15) is 11.6 Å². The van der Waals surface area contributed by atoms with Gasteiger partial charge in [-0.25, -0.2) is 0 Å². The molecule has 0 aliphatic carbocycles. The van der Waals surface area contributed by atoms with Crippen molar-refractivity contribution in [3.63, 3.8) is 0 Å². The number of benzene rings is 2. The van der Waals surface area contributed by atoms with Crippen LogP contribution in [0, 0.1) is 11.8 Å². The highest BCUT2D eigenvalue weighted by atomic mass is 16.3. The molecule has 5 nitrogen and oxygen atoms in total. The smallest absolute Gasteiger partial charge is 0.252 e. The van der Waals surface area contributed by atoms with E-state index in [1.54, 1.807) is 50.2 Å². The summed E-state index contributed by atoms with van der Waals surface area (Å²) in [5, 5.41) is 14.9. The van der Waals surface area contributed by atoms with Crippen molar-refractivity contribution < 1.29 is 14.7 Å². The summed E-state index contributed by atoms with van der Waals surface area (Å²) in [4.78, 5) is 24.7. The van der Waals surface area contributed by atoms with Gasteiger partial charge in [0.05, 0.1) is 0 Å². The first kappa shape index (κ1) is 19.2. The first-order chi connectivity index (χ1) is 12.3. The minimum atomic E-state index is -1.08. The van der Waals surface area contributed by atoms with Crippen LogP contribution in [0.25, 0.3) is 0 Å². The molecular formula is C21H22N2O3. The standard InChI is InChI=1S/C21H22N2O3/c1-21(2,26)14-13-15-9-11-17(12-10-15)19(24)23-18(20(25)22-3)16-7-5-4-6-8-16/h4-12,18,26H,1-3H3,(H,22,25)(H,23,24)/t18-/m1/s1. The van der Waals surface area contributed by atoms with E-state index in [1.807, 2.05) is 18.2 Å². The molecule has 0 bridgehead atoms. The Hall–Kier alpha value is -3.10. The predicted octanol–water partition coefficient (Wildman–Crippen LogP) is 2.03. The van der Waals surface area contributed by atoms with Crippen molar-refractivity contribution in [2.24, 2.45) is 0 Å². The minimum Gasteiger partial charge on any atom is -0.378 e. The van der Waals surface area contributed by atoms with Crippen molar-refractivity contribution in [3.05, 3.63) is 71.3 Å². The van der Waals surface area contributed by atoms with E-state index in [2.05, 4.69) is 22.5 Å². The van der Waals surface area contributed by atoms with Crippen LogP contribution in [-0.2, 0) is 4.79 Å². The Morgan fingerprint density at radius 2 is 1.65 bits per heavy atom. The largest absolute Gasteiger partial charge is 0.378 e. The molecule has 2 aromatic carbocycles. The zero-order chi connectivity index (χ0) is 19.2. The third kappa shape index (κ3) is 5.47. The molecule has 0 saturated carbocycles. The maximum atomic E-state index is 12.5.